The molecule has 6 aromatic carbocycles. The SMILES string of the molecule is CC[C@H](C)n1ncn(-c2ccc(NCCNc3ccc(OC[C@@H]4CO[C@@](Cn5cncn5)(c5ccc(Cl)cc5Cl)O4)cc3)cc2)c1=O.CC[C@H](C)n1ncn(-c2ccc(NCCNc3ccc(OC[C@H]4CO[C@](Cn5cncn5)(c5ccc(Cl)cc5Cl)O4)cc3)cc2)c1=O. The highest BCUT2D eigenvalue weighted by Gasteiger charge is 2.47. The molecule has 12 rings (SSSR count). The fourth-order valence-electron chi connectivity index (χ4n) is 10.5. The van der Waals surface area contributed by atoms with Gasteiger partial charge in [0.25, 0.3) is 0 Å². The molecule has 2 aliphatic heterocycles. The molecule has 4 aromatic heterocycles. The molecule has 94 heavy (non-hydrogen) atoms. The second kappa shape index (κ2) is 31.0. The highest BCUT2D eigenvalue weighted by Crippen LogP contribution is 2.42. The van der Waals surface area contributed by atoms with E-state index in [1.54, 1.807) is 80.2 Å². The summed E-state index contributed by atoms with van der Waals surface area (Å²) in [5.74, 6) is -0.900. The molecule has 4 N–H and O–H groups in total. The summed E-state index contributed by atoms with van der Waals surface area (Å²) in [5.41, 5.74) is 6.46. The van der Waals surface area contributed by atoms with Crippen LogP contribution in [0.3, 0.4) is 0 Å². The van der Waals surface area contributed by atoms with Crippen molar-refractivity contribution in [1.29, 1.82) is 0 Å². The molecule has 2 saturated heterocycles. The van der Waals surface area contributed by atoms with Crippen molar-refractivity contribution in [3.05, 3.63) is 224 Å². The van der Waals surface area contributed by atoms with Crippen LogP contribution in [-0.4, -0.2) is 123 Å². The highest BCUT2D eigenvalue weighted by molar-refractivity contribution is 6.35. The molecule has 0 bridgehead atoms. The van der Waals surface area contributed by atoms with Crippen LogP contribution in [-0.2, 0) is 43.6 Å². The smallest absolute Gasteiger partial charge is 0.350 e. The van der Waals surface area contributed by atoms with E-state index >= 15 is 0 Å². The van der Waals surface area contributed by atoms with Gasteiger partial charge in [-0.15, -0.1) is 0 Å². The number of benzene rings is 6. The highest BCUT2D eigenvalue weighted by atomic mass is 35.5. The maximum Gasteiger partial charge on any atom is 0.350 e. The molecule has 2 fully saturated rings. The van der Waals surface area contributed by atoms with E-state index in [9.17, 15) is 9.59 Å². The maximum atomic E-state index is 12.7. The Hall–Kier alpha value is -8.72. The molecular weight excluding hydrogens is 1290 g/mol. The van der Waals surface area contributed by atoms with E-state index in [2.05, 4.69) is 51.6 Å². The molecule has 10 aromatic rings. The fraction of sp³-hybridized carbons (Fsp3) is 0.333. The van der Waals surface area contributed by atoms with Crippen molar-refractivity contribution >= 4 is 69.2 Å². The standard InChI is InChI=1S/2C33H36Cl2N8O4/c2*1-3-23(2)43-32(44)42(22-40-43)27-9-5-25(6-10-27)37-14-15-38-26-7-11-28(12-8-26)45-17-29-18-46-33(47-29,19-41-21-36-20-39-41)30-13-4-24(34)16-31(30)35/h2*4-13,16,20-23,29,37-38H,3,14-15,17-19H2,1-2H3/t23-,29+,33+;23-,29-,33-/m00/s1. The summed E-state index contributed by atoms with van der Waals surface area (Å²) in [5, 5.41) is 32.5. The minimum Gasteiger partial charge on any atom is -0.491 e. The van der Waals surface area contributed by atoms with Crippen LogP contribution in [0.4, 0.5) is 22.7 Å². The lowest BCUT2D eigenvalue weighted by Gasteiger charge is -2.29. The summed E-state index contributed by atoms with van der Waals surface area (Å²) in [4.78, 5) is 33.4. The minimum atomic E-state index is -1.16. The zero-order chi connectivity index (χ0) is 65.6. The average molecular weight is 1360 g/mol. The van der Waals surface area contributed by atoms with Crippen LogP contribution in [0.25, 0.3) is 11.4 Å². The van der Waals surface area contributed by atoms with Crippen molar-refractivity contribution in [3.63, 3.8) is 0 Å². The van der Waals surface area contributed by atoms with Crippen molar-refractivity contribution < 1.29 is 28.4 Å². The maximum absolute atomic E-state index is 12.7. The number of nitrogens with one attached hydrogen (secondary N) is 4. The van der Waals surface area contributed by atoms with Crippen LogP contribution in [0.5, 0.6) is 11.5 Å². The van der Waals surface area contributed by atoms with E-state index in [-0.39, 0.29) is 62.0 Å². The molecule has 0 spiro atoms. The lowest BCUT2D eigenvalue weighted by Crippen LogP contribution is -2.35. The predicted molar refractivity (Wildman–Crippen MR) is 361 cm³/mol. The molecule has 6 heterocycles. The Balaban J connectivity index is 0.000000192. The van der Waals surface area contributed by atoms with E-state index in [0.717, 1.165) is 47.0 Å². The van der Waals surface area contributed by atoms with Crippen LogP contribution in [0.2, 0.25) is 20.1 Å². The monoisotopic (exact) mass is 1360 g/mol. The topological polar surface area (TPSA) is 245 Å². The number of hydrogen-bond acceptors (Lipinski definition) is 18. The second-order valence-electron chi connectivity index (χ2n) is 22.5. The van der Waals surface area contributed by atoms with Crippen molar-refractivity contribution in [2.75, 3.05) is 73.9 Å². The number of anilines is 4. The third-order valence-electron chi connectivity index (χ3n) is 15.9. The summed E-state index contributed by atoms with van der Waals surface area (Å²) in [6.07, 6.45) is 10.2. The van der Waals surface area contributed by atoms with Gasteiger partial charge in [-0.05, 0) is 148 Å². The van der Waals surface area contributed by atoms with Crippen molar-refractivity contribution in [3.8, 4) is 22.9 Å². The van der Waals surface area contributed by atoms with E-state index in [0.29, 0.717) is 82.1 Å². The lowest BCUT2D eigenvalue weighted by molar-refractivity contribution is -0.191. The van der Waals surface area contributed by atoms with E-state index in [1.807, 2.05) is 125 Å². The molecule has 28 heteroatoms. The first-order valence-electron chi connectivity index (χ1n) is 30.8. The zero-order valence-corrected chi connectivity index (χ0v) is 55.1. The van der Waals surface area contributed by atoms with Crippen LogP contribution in [0.15, 0.2) is 181 Å². The normalized spacial score (nSPS) is 18.3. The number of aromatic nitrogens is 12. The molecule has 0 amide bonds. The molecule has 0 saturated carbocycles. The number of hydrogen-bond donors (Lipinski definition) is 4. The Morgan fingerprint density at radius 2 is 0.862 bits per heavy atom. The van der Waals surface area contributed by atoms with Gasteiger partial charge in [0, 0.05) is 70.1 Å². The van der Waals surface area contributed by atoms with Gasteiger partial charge in [-0.1, -0.05) is 72.4 Å². The van der Waals surface area contributed by atoms with E-state index in [1.165, 1.54) is 22.0 Å². The lowest BCUT2D eigenvalue weighted by atomic mass is 10.1. The van der Waals surface area contributed by atoms with Gasteiger partial charge in [0.05, 0.1) is 46.7 Å². The largest absolute Gasteiger partial charge is 0.491 e. The predicted octanol–water partition coefficient (Wildman–Crippen LogP) is 11.5. The number of ether oxygens (including phenoxy) is 6. The molecule has 0 radical (unpaired) electrons. The van der Waals surface area contributed by atoms with Gasteiger partial charge < -0.3 is 49.7 Å². The Labute approximate surface area is 562 Å². The molecule has 0 unspecified atom stereocenters. The van der Waals surface area contributed by atoms with Crippen molar-refractivity contribution in [2.45, 2.75) is 89.5 Å². The van der Waals surface area contributed by atoms with Crippen LogP contribution >= 0.6 is 46.4 Å². The van der Waals surface area contributed by atoms with Crippen molar-refractivity contribution in [2.24, 2.45) is 0 Å². The van der Waals surface area contributed by atoms with Crippen LogP contribution in [0.1, 0.15) is 63.7 Å². The number of nitrogens with zero attached hydrogens (tertiary/aromatic N) is 12. The van der Waals surface area contributed by atoms with Gasteiger partial charge in [-0.25, -0.2) is 47.4 Å². The van der Waals surface area contributed by atoms with Crippen molar-refractivity contribution in [1.82, 2.24) is 58.2 Å². The molecule has 24 nitrogen and oxygen atoms in total. The summed E-state index contributed by atoms with van der Waals surface area (Å²) >= 11 is 25.4. The summed E-state index contributed by atoms with van der Waals surface area (Å²) < 4.78 is 46.8. The third-order valence-corrected chi connectivity index (χ3v) is 17.0. The Morgan fingerprint density at radius 3 is 1.19 bits per heavy atom. The molecule has 492 valence electrons. The first-order chi connectivity index (χ1) is 45.7. The fourth-order valence-corrected chi connectivity index (χ4v) is 11.6. The average Bonchev–Trinajstić information content (AvgIpc) is 1.60. The number of rotatable bonds is 28. The minimum absolute atomic E-state index is 0.0579. The zero-order valence-electron chi connectivity index (χ0n) is 52.1. The first kappa shape index (κ1) is 66.7. The molecule has 6 atom stereocenters. The van der Waals surface area contributed by atoms with Gasteiger partial charge in [0.2, 0.25) is 11.6 Å². The van der Waals surface area contributed by atoms with E-state index < -0.39 is 11.6 Å². The Kier molecular flexibility index (Phi) is 22.0. The van der Waals surface area contributed by atoms with E-state index in [4.69, 9.17) is 74.8 Å². The quantitative estimate of drug-likeness (QED) is 0.0333. The summed E-state index contributed by atoms with van der Waals surface area (Å²) in [7, 11) is 0. The molecule has 2 aliphatic rings. The van der Waals surface area contributed by atoms with Gasteiger partial charge in [-0.2, -0.15) is 20.4 Å². The van der Waals surface area contributed by atoms with Crippen LogP contribution in [0, 0.1) is 0 Å². The summed E-state index contributed by atoms with van der Waals surface area (Å²) in [6, 6.07) is 41.5. The Bertz CT molecular complexity index is 3890. The van der Waals surface area contributed by atoms with Gasteiger partial charge in [-0.3, -0.25) is 0 Å². The first-order valence-corrected chi connectivity index (χ1v) is 32.3. The Morgan fingerprint density at radius 1 is 0.500 bits per heavy atom. The summed E-state index contributed by atoms with van der Waals surface area (Å²) in [6.45, 7) is 12.6. The molecular formula is C66H72Cl4N16O8. The second-order valence-corrected chi connectivity index (χ2v) is 24.2. The van der Waals surface area contributed by atoms with Gasteiger partial charge >= 0.3 is 11.4 Å². The third kappa shape index (κ3) is 16.4. The van der Waals surface area contributed by atoms with Gasteiger partial charge in [0.15, 0.2) is 0 Å². The number of halogens is 4. The van der Waals surface area contributed by atoms with Gasteiger partial charge in [0.1, 0.15) is 88.0 Å². The van der Waals surface area contributed by atoms with Crippen LogP contribution < -0.4 is 42.1 Å². The molecule has 0 aliphatic carbocycles.